The van der Waals surface area contributed by atoms with Gasteiger partial charge in [-0.25, -0.2) is 8.42 Å². The van der Waals surface area contributed by atoms with Crippen LogP contribution in [0.1, 0.15) is 43.5 Å². The van der Waals surface area contributed by atoms with E-state index < -0.39 is 10.0 Å². The largest absolute Gasteiger partial charge is 0.333 e. The molecule has 0 aliphatic carbocycles. The first-order chi connectivity index (χ1) is 11.9. The molecule has 6 nitrogen and oxygen atoms in total. The van der Waals surface area contributed by atoms with Gasteiger partial charge in [-0.15, -0.1) is 12.4 Å². The van der Waals surface area contributed by atoms with E-state index in [-0.39, 0.29) is 35.3 Å². The lowest BCUT2D eigenvalue weighted by Crippen LogP contribution is -2.57. The van der Waals surface area contributed by atoms with Gasteiger partial charge in [0.25, 0.3) is 5.91 Å². The molecule has 2 atom stereocenters. The average molecular weight is 402 g/mol. The molecule has 0 spiro atoms. The van der Waals surface area contributed by atoms with Gasteiger partial charge in [-0.3, -0.25) is 4.79 Å². The summed E-state index contributed by atoms with van der Waals surface area (Å²) in [4.78, 5) is 14.9. The molecule has 1 aromatic carbocycles. The second kappa shape index (κ2) is 8.69. The molecule has 1 aromatic rings. The summed E-state index contributed by atoms with van der Waals surface area (Å²) in [6.07, 6.45) is 2.87. The molecule has 0 saturated carbocycles. The van der Waals surface area contributed by atoms with Crippen LogP contribution in [-0.4, -0.2) is 61.8 Å². The summed E-state index contributed by atoms with van der Waals surface area (Å²) < 4.78 is 27.2. The van der Waals surface area contributed by atoms with Crippen molar-refractivity contribution in [1.82, 2.24) is 14.5 Å². The fourth-order valence-corrected chi connectivity index (χ4v) is 5.12. The van der Waals surface area contributed by atoms with Gasteiger partial charge in [0, 0.05) is 43.8 Å². The molecular formula is C18H28ClN3O3S. The number of hydrogen-bond acceptors (Lipinski definition) is 4. The Morgan fingerprint density at radius 3 is 2.50 bits per heavy atom. The number of piperidine rings is 1. The van der Waals surface area contributed by atoms with Crippen molar-refractivity contribution >= 4 is 28.3 Å². The Bertz CT molecular complexity index is 735. The predicted octanol–water partition coefficient (Wildman–Crippen LogP) is 2.11. The van der Waals surface area contributed by atoms with Gasteiger partial charge in [-0.2, -0.15) is 4.31 Å². The van der Waals surface area contributed by atoms with Crippen LogP contribution in [0.4, 0.5) is 0 Å². The van der Waals surface area contributed by atoms with E-state index >= 15 is 0 Å². The lowest BCUT2D eigenvalue weighted by Gasteiger charge is -2.38. The van der Waals surface area contributed by atoms with Crippen molar-refractivity contribution in [3.63, 3.8) is 0 Å². The Labute approximate surface area is 162 Å². The second-order valence-corrected chi connectivity index (χ2v) is 8.91. The summed E-state index contributed by atoms with van der Waals surface area (Å²) in [6, 6.07) is 6.79. The summed E-state index contributed by atoms with van der Waals surface area (Å²) in [7, 11) is -3.52. The quantitative estimate of drug-likeness (QED) is 0.842. The van der Waals surface area contributed by atoms with E-state index in [2.05, 4.69) is 12.2 Å². The number of nitrogens with zero attached hydrogens (tertiary/aromatic N) is 2. The number of halogens is 1. The van der Waals surface area contributed by atoms with Gasteiger partial charge in [-0.05, 0) is 44.9 Å². The molecule has 2 aliphatic rings. The van der Waals surface area contributed by atoms with Crippen molar-refractivity contribution in [3.05, 3.63) is 29.8 Å². The highest BCUT2D eigenvalue weighted by atomic mass is 35.5. The molecule has 146 valence electrons. The van der Waals surface area contributed by atoms with Crippen LogP contribution in [0.25, 0.3) is 0 Å². The molecule has 2 fully saturated rings. The maximum absolute atomic E-state index is 12.9. The van der Waals surface area contributed by atoms with Crippen molar-refractivity contribution < 1.29 is 13.2 Å². The van der Waals surface area contributed by atoms with Crippen LogP contribution >= 0.6 is 12.4 Å². The van der Waals surface area contributed by atoms with Crippen LogP contribution < -0.4 is 5.32 Å². The number of piperazine rings is 1. The Hall–Kier alpha value is -1.15. The minimum atomic E-state index is -3.52. The van der Waals surface area contributed by atoms with E-state index in [1.54, 1.807) is 18.2 Å². The number of carbonyl (C=O) groups excluding carboxylic acids is 1. The summed E-state index contributed by atoms with van der Waals surface area (Å²) in [5.74, 6) is -0.100. The van der Waals surface area contributed by atoms with Gasteiger partial charge in [0.2, 0.25) is 10.0 Å². The third-order valence-corrected chi connectivity index (χ3v) is 7.22. The van der Waals surface area contributed by atoms with Gasteiger partial charge in [-0.1, -0.05) is 12.5 Å². The van der Waals surface area contributed by atoms with Crippen LogP contribution in [0.5, 0.6) is 0 Å². The summed E-state index contributed by atoms with van der Waals surface area (Å²) in [6.45, 7) is 6.58. The molecule has 2 unspecified atom stereocenters. The standard InChI is InChI=1S/C18H27N3O3S.ClH/c1-14-15(2)21(12-9-19-14)18(22)16-7-6-8-17(13-16)25(23,24)20-10-4-3-5-11-20;/h6-8,13-15,19H,3-5,9-12H2,1-2H3;1H. The molecule has 1 N–H and O–H groups in total. The van der Waals surface area contributed by atoms with E-state index in [0.717, 1.165) is 25.8 Å². The van der Waals surface area contributed by atoms with E-state index in [1.165, 1.54) is 10.4 Å². The van der Waals surface area contributed by atoms with Gasteiger partial charge < -0.3 is 10.2 Å². The Kier molecular flexibility index (Phi) is 7.07. The first kappa shape index (κ1) is 21.2. The zero-order valence-corrected chi connectivity index (χ0v) is 17.0. The molecule has 0 radical (unpaired) electrons. The van der Waals surface area contributed by atoms with Crippen LogP contribution in [0.3, 0.4) is 0 Å². The molecule has 2 aliphatic heterocycles. The zero-order valence-electron chi connectivity index (χ0n) is 15.3. The maximum atomic E-state index is 12.9. The van der Waals surface area contributed by atoms with E-state index in [4.69, 9.17) is 0 Å². The third-order valence-electron chi connectivity index (χ3n) is 5.33. The molecule has 26 heavy (non-hydrogen) atoms. The highest BCUT2D eigenvalue weighted by Crippen LogP contribution is 2.22. The number of rotatable bonds is 3. The van der Waals surface area contributed by atoms with E-state index in [1.807, 2.05) is 11.8 Å². The van der Waals surface area contributed by atoms with Crippen molar-refractivity contribution in [1.29, 1.82) is 0 Å². The zero-order chi connectivity index (χ0) is 18.0. The minimum absolute atomic E-state index is 0. The number of nitrogens with one attached hydrogen (secondary N) is 1. The number of benzene rings is 1. The topological polar surface area (TPSA) is 69.7 Å². The van der Waals surface area contributed by atoms with Crippen molar-refractivity contribution in [3.8, 4) is 0 Å². The molecule has 2 heterocycles. The van der Waals surface area contributed by atoms with Crippen molar-refractivity contribution in [2.75, 3.05) is 26.2 Å². The molecule has 1 amide bonds. The lowest BCUT2D eigenvalue weighted by atomic mass is 10.1. The molecule has 0 bridgehead atoms. The molecule has 0 aromatic heterocycles. The van der Waals surface area contributed by atoms with Crippen LogP contribution in [0.15, 0.2) is 29.2 Å². The summed E-state index contributed by atoms with van der Waals surface area (Å²) in [5, 5.41) is 3.35. The molecule has 2 saturated heterocycles. The average Bonchev–Trinajstić information content (AvgIpc) is 2.64. The van der Waals surface area contributed by atoms with Gasteiger partial charge in [0.05, 0.1) is 4.90 Å². The second-order valence-electron chi connectivity index (χ2n) is 6.97. The Morgan fingerprint density at radius 2 is 1.81 bits per heavy atom. The van der Waals surface area contributed by atoms with Crippen LogP contribution in [0, 0.1) is 0 Å². The highest BCUT2D eigenvalue weighted by Gasteiger charge is 2.30. The number of hydrogen-bond donors (Lipinski definition) is 1. The van der Waals surface area contributed by atoms with Crippen LogP contribution in [0.2, 0.25) is 0 Å². The summed E-state index contributed by atoms with van der Waals surface area (Å²) in [5.41, 5.74) is 0.444. The molecule has 8 heteroatoms. The Balaban J connectivity index is 0.00000243. The fourth-order valence-electron chi connectivity index (χ4n) is 3.55. The SMILES string of the molecule is CC1NCCN(C(=O)c2cccc(S(=O)(=O)N3CCCCC3)c2)C1C.Cl. The van der Waals surface area contributed by atoms with E-state index in [0.29, 0.717) is 25.2 Å². The summed E-state index contributed by atoms with van der Waals surface area (Å²) >= 11 is 0. The minimum Gasteiger partial charge on any atom is -0.333 e. The van der Waals surface area contributed by atoms with Gasteiger partial charge in [0.15, 0.2) is 0 Å². The van der Waals surface area contributed by atoms with Crippen molar-refractivity contribution in [2.45, 2.75) is 50.1 Å². The van der Waals surface area contributed by atoms with Crippen molar-refractivity contribution in [2.24, 2.45) is 0 Å². The predicted molar refractivity (Wildman–Crippen MR) is 104 cm³/mol. The first-order valence-electron chi connectivity index (χ1n) is 9.06. The smallest absolute Gasteiger partial charge is 0.254 e. The molecule has 3 rings (SSSR count). The number of amides is 1. The molecular weight excluding hydrogens is 374 g/mol. The van der Waals surface area contributed by atoms with Gasteiger partial charge in [0.1, 0.15) is 0 Å². The van der Waals surface area contributed by atoms with Gasteiger partial charge >= 0.3 is 0 Å². The Morgan fingerprint density at radius 1 is 1.12 bits per heavy atom. The lowest BCUT2D eigenvalue weighted by molar-refractivity contribution is 0.0602. The highest BCUT2D eigenvalue weighted by molar-refractivity contribution is 7.89. The number of sulfonamides is 1. The normalized spacial score (nSPS) is 24.8. The fraction of sp³-hybridized carbons (Fsp3) is 0.611. The monoisotopic (exact) mass is 401 g/mol. The third kappa shape index (κ3) is 4.22. The van der Waals surface area contributed by atoms with E-state index in [9.17, 15) is 13.2 Å². The number of carbonyl (C=O) groups is 1. The first-order valence-corrected chi connectivity index (χ1v) is 10.5. The van der Waals surface area contributed by atoms with Crippen LogP contribution in [-0.2, 0) is 10.0 Å². The maximum Gasteiger partial charge on any atom is 0.254 e.